The van der Waals surface area contributed by atoms with Gasteiger partial charge in [0, 0.05) is 13.1 Å². The average Bonchev–Trinajstić information content (AvgIpc) is 2.74. The number of nitrogens with two attached hydrogens (primary N) is 1. The molecule has 0 saturated carbocycles. The molecule has 0 spiro atoms. The van der Waals surface area contributed by atoms with Crippen molar-refractivity contribution in [2.45, 2.75) is 46.1 Å². The largest absolute Gasteiger partial charge is 0.341 e. The number of carbonyl (C=O) groups excluding carboxylic acids is 1. The first kappa shape index (κ1) is 12.5. The molecule has 1 fully saturated rings. The summed E-state index contributed by atoms with van der Waals surface area (Å²) in [6.45, 7) is 8.14. The number of hydrogen-bond donors (Lipinski definition) is 1. The van der Waals surface area contributed by atoms with Crippen molar-refractivity contribution in [3.8, 4) is 0 Å². The summed E-state index contributed by atoms with van der Waals surface area (Å²) < 4.78 is 0. The Morgan fingerprint density at radius 2 is 2.20 bits per heavy atom. The Bertz CT molecular complexity index is 218. The number of rotatable bonds is 4. The van der Waals surface area contributed by atoms with Crippen LogP contribution in [0.3, 0.4) is 0 Å². The van der Waals surface area contributed by atoms with Crippen molar-refractivity contribution in [1.29, 1.82) is 0 Å². The molecule has 1 rings (SSSR count). The maximum Gasteiger partial charge on any atom is 0.239 e. The predicted octanol–water partition coefficient (Wildman–Crippen LogP) is 1.62. The zero-order chi connectivity index (χ0) is 11.4. The standard InChI is InChI=1S/C12H24N2O/c1-4-9(3)11(13)12(15)14-7-6-10(5-2)8-14/h9-11H,4-8,13H2,1-3H3/t9?,10?,11-/m0/s1. The monoisotopic (exact) mass is 212 g/mol. The number of likely N-dealkylation sites (tertiary alicyclic amines) is 1. The van der Waals surface area contributed by atoms with E-state index in [1.165, 1.54) is 6.42 Å². The van der Waals surface area contributed by atoms with Gasteiger partial charge in [0.25, 0.3) is 0 Å². The van der Waals surface area contributed by atoms with E-state index in [1.807, 2.05) is 4.90 Å². The fourth-order valence-corrected chi connectivity index (χ4v) is 2.07. The van der Waals surface area contributed by atoms with Crippen molar-refractivity contribution in [3.05, 3.63) is 0 Å². The maximum atomic E-state index is 12.0. The molecule has 0 aliphatic carbocycles. The molecule has 1 aliphatic heterocycles. The molecule has 15 heavy (non-hydrogen) atoms. The Kier molecular flexibility index (Phi) is 4.58. The van der Waals surface area contributed by atoms with Crippen LogP contribution >= 0.6 is 0 Å². The van der Waals surface area contributed by atoms with Crippen LogP contribution < -0.4 is 5.73 Å². The molecule has 3 heteroatoms. The lowest BCUT2D eigenvalue weighted by Crippen LogP contribution is -2.46. The molecule has 0 aromatic carbocycles. The Labute approximate surface area is 93.0 Å². The first-order valence-corrected chi connectivity index (χ1v) is 6.14. The molecule has 1 saturated heterocycles. The van der Waals surface area contributed by atoms with Crippen LogP contribution in [0, 0.1) is 11.8 Å². The summed E-state index contributed by atoms with van der Waals surface area (Å²) >= 11 is 0. The molecule has 1 amide bonds. The van der Waals surface area contributed by atoms with Crippen LogP contribution in [0.5, 0.6) is 0 Å². The Morgan fingerprint density at radius 1 is 1.53 bits per heavy atom. The normalized spacial score (nSPS) is 25.3. The summed E-state index contributed by atoms with van der Waals surface area (Å²) in [5, 5.41) is 0. The molecule has 3 atom stereocenters. The average molecular weight is 212 g/mol. The first-order valence-electron chi connectivity index (χ1n) is 6.14. The van der Waals surface area contributed by atoms with Gasteiger partial charge >= 0.3 is 0 Å². The lowest BCUT2D eigenvalue weighted by atomic mass is 9.99. The molecule has 3 nitrogen and oxygen atoms in total. The van der Waals surface area contributed by atoms with Gasteiger partial charge in [-0.1, -0.05) is 33.6 Å². The van der Waals surface area contributed by atoms with Gasteiger partial charge in [-0.2, -0.15) is 0 Å². The van der Waals surface area contributed by atoms with Gasteiger partial charge in [-0.3, -0.25) is 4.79 Å². The van der Waals surface area contributed by atoms with Crippen LogP contribution in [-0.2, 0) is 4.79 Å². The smallest absolute Gasteiger partial charge is 0.239 e. The third-order valence-electron chi connectivity index (χ3n) is 3.72. The minimum atomic E-state index is -0.300. The second-order valence-corrected chi connectivity index (χ2v) is 4.76. The van der Waals surface area contributed by atoms with E-state index in [-0.39, 0.29) is 17.9 Å². The van der Waals surface area contributed by atoms with Gasteiger partial charge in [-0.05, 0) is 18.3 Å². The van der Waals surface area contributed by atoms with E-state index in [0.717, 1.165) is 25.9 Å². The molecule has 0 aromatic rings. The summed E-state index contributed by atoms with van der Waals surface area (Å²) in [6, 6.07) is -0.300. The molecule has 1 heterocycles. The van der Waals surface area contributed by atoms with E-state index in [9.17, 15) is 4.79 Å². The fraction of sp³-hybridized carbons (Fsp3) is 0.917. The van der Waals surface area contributed by atoms with Crippen LogP contribution in [0.4, 0.5) is 0 Å². The van der Waals surface area contributed by atoms with Crippen LogP contribution in [0.2, 0.25) is 0 Å². The molecular formula is C12H24N2O. The van der Waals surface area contributed by atoms with Crippen molar-refractivity contribution < 1.29 is 4.79 Å². The molecule has 88 valence electrons. The van der Waals surface area contributed by atoms with Crippen LogP contribution in [-0.4, -0.2) is 29.9 Å². The predicted molar refractivity (Wildman–Crippen MR) is 62.4 cm³/mol. The quantitative estimate of drug-likeness (QED) is 0.769. The van der Waals surface area contributed by atoms with Crippen LogP contribution in [0.15, 0.2) is 0 Å². The highest BCUT2D eigenvalue weighted by molar-refractivity contribution is 5.82. The molecule has 0 bridgehead atoms. The van der Waals surface area contributed by atoms with E-state index >= 15 is 0 Å². The highest BCUT2D eigenvalue weighted by Crippen LogP contribution is 2.20. The lowest BCUT2D eigenvalue weighted by molar-refractivity contribution is -0.132. The van der Waals surface area contributed by atoms with Gasteiger partial charge in [0.15, 0.2) is 0 Å². The number of nitrogens with zero attached hydrogens (tertiary/aromatic N) is 1. The van der Waals surface area contributed by atoms with Crippen molar-refractivity contribution in [1.82, 2.24) is 4.90 Å². The van der Waals surface area contributed by atoms with Crippen molar-refractivity contribution in [2.24, 2.45) is 17.6 Å². The first-order chi connectivity index (χ1) is 7.10. The second kappa shape index (κ2) is 5.50. The van der Waals surface area contributed by atoms with Gasteiger partial charge in [-0.25, -0.2) is 0 Å². The zero-order valence-corrected chi connectivity index (χ0v) is 10.2. The van der Waals surface area contributed by atoms with Crippen LogP contribution in [0.1, 0.15) is 40.0 Å². The SMILES string of the molecule is CCC1CCN(C(=O)[C@@H](N)C(C)CC)C1. The van der Waals surface area contributed by atoms with Gasteiger partial charge in [0.1, 0.15) is 0 Å². The fourth-order valence-electron chi connectivity index (χ4n) is 2.07. The number of hydrogen-bond acceptors (Lipinski definition) is 2. The molecule has 2 unspecified atom stereocenters. The Morgan fingerprint density at radius 3 is 2.67 bits per heavy atom. The summed E-state index contributed by atoms with van der Waals surface area (Å²) in [5.41, 5.74) is 5.95. The molecular weight excluding hydrogens is 188 g/mol. The zero-order valence-electron chi connectivity index (χ0n) is 10.2. The number of amides is 1. The van der Waals surface area contributed by atoms with Gasteiger partial charge in [0.05, 0.1) is 6.04 Å². The third-order valence-corrected chi connectivity index (χ3v) is 3.72. The lowest BCUT2D eigenvalue weighted by Gasteiger charge is -2.24. The van der Waals surface area contributed by atoms with Gasteiger partial charge in [0.2, 0.25) is 5.91 Å². The van der Waals surface area contributed by atoms with E-state index in [0.29, 0.717) is 5.92 Å². The minimum absolute atomic E-state index is 0.153. The van der Waals surface area contributed by atoms with E-state index in [1.54, 1.807) is 0 Å². The van der Waals surface area contributed by atoms with Gasteiger partial charge < -0.3 is 10.6 Å². The maximum absolute atomic E-state index is 12.0. The topological polar surface area (TPSA) is 46.3 Å². The van der Waals surface area contributed by atoms with E-state index < -0.39 is 0 Å². The summed E-state index contributed by atoms with van der Waals surface area (Å²) in [5.74, 6) is 1.14. The second-order valence-electron chi connectivity index (χ2n) is 4.76. The Hall–Kier alpha value is -0.570. The van der Waals surface area contributed by atoms with E-state index in [4.69, 9.17) is 5.73 Å². The third kappa shape index (κ3) is 2.94. The van der Waals surface area contributed by atoms with Crippen molar-refractivity contribution >= 4 is 5.91 Å². The highest BCUT2D eigenvalue weighted by atomic mass is 16.2. The highest BCUT2D eigenvalue weighted by Gasteiger charge is 2.30. The summed E-state index contributed by atoms with van der Waals surface area (Å²) in [7, 11) is 0. The summed E-state index contributed by atoms with van der Waals surface area (Å²) in [4.78, 5) is 14.0. The number of carbonyl (C=O) groups is 1. The van der Waals surface area contributed by atoms with Crippen molar-refractivity contribution in [3.63, 3.8) is 0 Å². The molecule has 0 aromatic heterocycles. The summed E-state index contributed by atoms with van der Waals surface area (Å²) in [6.07, 6.45) is 3.29. The Balaban J connectivity index is 2.47. The van der Waals surface area contributed by atoms with Crippen molar-refractivity contribution in [2.75, 3.05) is 13.1 Å². The van der Waals surface area contributed by atoms with E-state index in [2.05, 4.69) is 20.8 Å². The van der Waals surface area contributed by atoms with Crippen LogP contribution in [0.25, 0.3) is 0 Å². The molecule has 2 N–H and O–H groups in total. The minimum Gasteiger partial charge on any atom is -0.341 e. The van der Waals surface area contributed by atoms with Gasteiger partial charge in [-0.15, -0.1) is 0 Å². The molecule has 0 radical (unpaired) electrons. The molecule has 1 aliphatic rings.